The maximum atomic E-state index is 5.82. The van der Waals surface area contributed by atoms with Gasteiger partial charge in [0.1, 0.15) is 0 Å². The van der Waals surface area contributed by atoms with Gasteiger partial charge in [0.15, 0.2) is 0 Å². The molecule has 1 saturated carbocycles. The molecule has 2 nitrogen and oxygen atoms in total. The van der Waals surface area contributed by atoms with Crippen LogP contribution in [-0.2, 0) is 13.0 Å². The summed E-state index contributed by atoms with van der Waals surface area (Å²) in [5.74, 6) is 0.699. The Balaban J connectivity index is 1.86. The van der Waals surface area contributed by atoms with E-state index in [0.29, 0.717) is 12.5 Å². The van der Waals surface area contributed by atoms with Crippen molar-refractivity contribution in [2.24, 2.45) is 5.73 Å². The molecule has 3 rings (SSSR count). The quantitative estimate of drug-likeness (QED) is 0.913. The molecule has 0 unspecified atom stereocenters. The van der Waals surface area contributed by atoms with Crippen LogP contribution in [0.25, 0.3) is 0 Å². The molecule has 18 heavy (non-hydrogen) atoms. The third-order valence-corrected chi connectivity index (χ3v) is 4.62. The molecule has 2 aromatic rings. The first-order valence-electron chi connectivity index (χ1n) is 6.51. The van der Waals surface area contributed by atoms with Crippen molar-refractivity contribution in [2.45, 2.75) is 38.6 Å². The fraction of sp³-hybridized carbons (Fsp3) is 0.400. The standard InChI is InChI=1S/C15H18N2S/c1-10-4-2-3-5-12(10)8-14-17-15(11-6-7-11)13(9-16)18-14/h2-5,11H,6-9,16H2,1H3. The summed E-state index contributed by atoms with van der Waals surface area (Å²) in [6, 6.07) is 8.54. The summed E-state index contributed by atoms with van der Waals surface area (Å²) in [5, 5.41) is 1.21. The lowest BCUT2D eigenvalue weighted by atomic mass is 10.1. The number of thiazole rings is 1. The molecule has 0 radical (unpaired) electrons. The Bertz CT molecular complexity index is 555. The highest BCUT2D eigenvalue weighted by molar-refractivity contribution is 7.11. The van der Waals surface area contributed by atoms with Gasteiger partial charge in [-0.05, 0) is 30.9 Å². The van der Waals surface area contributed by atoms with Gasteiger partial charge in [0.05, 0.1) is 10.7 Å². The molecular weight excluding hydrogens is 240 g/mol. The number of nitrogens with two attached hydrogens (primary N) is 1. The predicted molar refractivity (Wildman–Crippen MR) is 76.0 cm³/mol. The number of aryl methyl sites for hydroxylation is 1. The number of benzene rings is 1. The van der Waals surface area contributed by atoms with Crippen LogP contribution >= 0.6 is 11.3 Å². The maximum absolute atomic E-state index is 5.82. The minimum absolute atomic E-state index is 0.636. The van der Waals surface area contributed by atoms with Crippen molar-refractivity contribution < 1.29 is 0 Å². The number of rotatable bonds is 4. The smallest absolute Gasteiger partial charge is 0.0975 e. The van der Waals surface area contributed by atoms with E-state index in [1.165, 1.54) is 39.5 Å². The molecule has 1 heterocycles. The SMILES string of the molecule is Cc1ccccc1Cc1nc(C2CC2)c(CN)s1. The first-order valence-corrected chi connectivity index (χ1v) is 7.32. The highest BCUT2D eigenvalue weighted by atomic mass is 32.1. The monoisotopic (exact) mass is 258 g/mol. The fourth-order valence-corrected chi connectivity index (χ4v) is 3.34. The van der Waals surface area contributed by atoms with E-state index in [0.717, 1.165) is 6.42 Å². The second-order valence-electron chi connectivity index (χ2n) is 5.00. The topological polar surface area (TPSA) is 38.9 Å². The number of aromatic nitrogens is 1. The summed E-state index contributed by atoms with van der Waals surface area (Å²) in [4.78, 5) is 6.11. The first-order chi connectivity index (χ1) is 8.78. The van der Waals surface area contributed by atoms with Crippen molar-refractivity contribution in [2.75, 3.05) is 0 Å². The summed E-state index contributed by atoms with van der Waals surface area (Å²) in [6.07, 6.45) is 3.53. The van der Waals surface area contributed by atoms with E-state index in [1.54, 1.807) is 11.3 Å². The van der Waals surface area contributed by atoms with Crippen LogP contribution in [0.1, 0.15) is 45.5 Å². The van der Waals surface area contributed by atoms with E-state index in [4.69, 9.17) is 10.7 Å². The molecule has 1 aliphatic rings. The molecule has 94 valence electrons. The molecule has 2 N–H and O–H groups in total. The summed E-state index contributed by atoms with van der Waals surface area (Å²) in [6.45, 7) is 2.80. The Labute approximate surface area is 112 Å². The van der Waals surface area contributed by atoms with Crippen molar-refractivity contribution >= 4 is 11.3 Å². The van der Waals surface area contributed by atoms with Gasteiger partial charge in [-0.25, -0.2) is 4.98 Å². The van der Waals surface area contributed by atoms with Gasteiger partial charge in [-0.3, -0.25) is 0 Å². The summed E-state index contributed by atoms with van der Waals surface area (Å²) >= 11 is 1.80. The molecular formula is C15H18N2S. The summed E-state index contributed by atoms with van der Waals surface area (Å²) < 4.78 is 0. The van der Waals surface area contributed by atoms with E-state index in [-0.39, 0.29) is 0 Å². The van der Waals surface area contributed by atoms with Gasteiger partial charge in [0, 0.05) is 23.8 Å². The van der Waals surface area contributed by atoms with E-state index < -0.39 is 0 Å². The molecule has 0 aliphatic heterocycles. The zero-order chi connectivity index (χ0) is 12.5. The van der Waals surface area contributed by atoms with E-state index in [2.05, 4.69) is 31.2 Å². The van der Waals surface area contributed by atoms with Crippen molar-refractivity contribution in [1.82, 2.24) is 4.98 Å². The van der Waals surface area contributed by atoms with Crippen molar-refractivity contribution in [3.63, 3.8) is 0 Å². The third-order valence-electron chi connectivity index (χ3n) is 3.52. The lowest BCUT2D eigenvalue weighted by molar-refractivity contribution is 0.958. The average molecular weight is 258 g/mol. The average Bonchev–Trinajstić information content (AvgIpc) is 3.14. The maximum Gasteiger partial charge on any atom is 0.0975 e. The lowest BCUT2D eigenvalue weighted by Crippen LogP contribution is -1.97. The fourth-order valence-electron chi connectivity index (χ4n) is 2.28. The summed E-state index contributed by atoms with van der Waals surface area (Å²) in [7, 11) is 0. The molecule has 1 fully saturated rings. The van der Waals surface area contributed by atoms with Gasteiger partial charge in [0.25, 0.3) is 0 Å². The van der Waals surface area contributed by atoms with Crippen LogP contribution in [0, 0.1) is 6.92 Å². The molecule has 0 saturated heterocycles. The largest absolute Gasteiger partial charge is 0.326 e. The van der Waals surface area contributed by atoms with Crippen LogP contribution in [0.15, 0.2) is 24.3 Å². The normalized spacial score (nSPS) is 15.0. The third kappa shape index (κ3) is 2.33. The molecule has 0 atom stereocenters. The molecule has 1 aromatic carbocycles. The minimum Gasteiger partial charge on any atom is -0.326 e. The number of hydrogen-bond acceptors (Lipinski definition) is 3. The summed E-state index contributed by atoms with van der Waals surface area (Å²) in [5.41, 5.74) is 9.82. The Morgan fingerprint density at radius 2 is 2.11 bits per heavy atom. The van der Waals surface area contributed by atoms with Gasteiger partial charge in [0.2, 0.25) is 0 Å². The van der Waals surface area contributed by atoms with Gasteiger partial charge in [-0.2, -0.15) is 0 Å². The Morgan fingerprint density at radius 1 is 1.33 bits per heavy atom. The predicted octanol–water partition coefficient (Wildman–Crippen LogP) is 3.38. The van der Waals surface area contributed by atoms with Gasteiger partial charge in [-0.15, -0.1) is 11.3 Å². The zero-order valence-electron chi connectivity index (χ0n) is 10.6. The lowest BCUT2D eigenvalue weighted by Gasteiger charge is -2.02. The van der Waals surface area contributed by atoms with Crippen molar-refractivity contribution in [3.05, 3.63) is 51.0 Å². The van der Waals surface area contributed by atoms with E-state index in [1.807, 2.05) is 0 Å². The Morgan fingerprint density at radius 3 is 2.78 bits per heavy atom. The van der Waals surface area contributed by atoms with Crippen molar-refractivity contribution in [1.29, 1.82) is 0 Å². The van der Waals surface area contributed by atoms with Crippen LogP contribution in [0.5, 0.6) is 0 Å². The van der Waals surface area contributed by atoms with Gasteiger partial charge >= 0.3 is 0 Å². The van der Waals surface area contributed by atoms with Crippen molar-refractivity contribution in [3.8, 4) is 0 Å². The minimum atomic E-state index is 0.636. The molecule has 1 aliphatic carbocycles. The van der Waals surface area contributed by atoms with E-state index in [9.17, 15) is 0 Å². The number of hydrogen-bond donors (Lipinski definition) is 1. The van der Waals surface area contributed by atoms with Crippen LogP contribution in [0.2, 0.25) is 0 Å². The Kier molecular flexibility index (Phi) is 3.18. The molecule has 0 bridgehead atoms. The second kappa shape index (κ2) is 4.82. The zero-order valence-corrected chi connectivity index (χ0v) is 11.5. The van der Waals surface area contributed by atoms with Crippen LogP contribution < -0.4 is 5.73 Å². The Hall–Kier alpha value is -1.19. The second-order valence-corrected chi connectivity index (χ2v) is 6.17. The molecule has 1 aromatic heterocycles. The van der Waals surface area contributed by atoms with Crippen LogP contribution in [-0.4, -0.2) is 4.98 Å². The first kappa shape index (κ1) is 11.9. The van der Waals surface area contributed by atoms with Gasteiger partial charge in [-0.1, -0.05) is 24.3 Å². The molecule has 0 amide bonds. The van der Waals surface area contributed by atoms with E-state index >= 15 is 0 Å². The molecule has 3 heteroatoms. The highest BCUT2D eigenvalue weighted by Crippen LogP contribution is 2.42. The van der Waals surface area contributed by atoms with Crippen LogP contribution in [0.3, 0.4) is 0 Å². The van der Waals surface area contributed by atoms with Crippen LogP contribution in [0.4, 0.5) is 0 Å². The highest BCUT2D eigenvalue weighted by Gasteiger charge is 2.29. The molecule has 0 spiro atoms. The van der Waals surface area contributed by atoms with Gasteiger partial charge < -0.3 is 5.73 Å². The number of nitrogens with zero attached hydrogens (tertiary/aromatic N) is 1.